The lowest BCUT2D eigenvalue weighted by molar-refractivity contribution is -0.128. The fourth-order valence-electron chi connectivity index (χ4n) is 2.05. The molecule has 0 saturated heterocycles. The number of hydrogen-bond donors (Lipinski definition) is 1. The first kappa shape index (κ1) is 17.4. The standard InChI is InChI=1S/C17H20N4O3/c1-20(2)16(23)10-11-18-15(22)12-21-17(24)9-8-14(19-21)13-6-4-3-5-7-13/h3-9H,10-12H2,1-2H3,(H,18,22). The van der Waals surface area contributed by atoms with E-state index in [4.69, 9.17) is 0 Å². The number of benzene rings is 1. The molecule has 2 amide bonds. The lowest BCUT2D eigenvalue weighted by Gasteiger charge is -2.11. The van der Waals surface area contributed by atoms with Crippen LogP contribution in [0.3, 0.4) is 0 Å². The smallest absolute Gasteiger partial charge is 0.267 e. The van der Waals surface area contributed by atoms with Gasteiger partial charge in [0.2, 0.25) is 11.8 Å². The zero-order valence-electron chi connectivity index (χ0n) is 13.7. The average molecular weight is 328 g/mol. The molecule has 2 rings (SSSR count). The Labute approximate surface area is 139 Å². The summed E-state index contributed by atoms with van der Waals surface area (Å²) in [6.45, 7) is 0.0403. The third-order valence-corrected chi connectivity index (χ3v) is 3.39. The van der Waals surface area contributed by atoms with Crippen molar-refractivity contribution in [3.63, 3.8) is 0 Å². The Kier molecular flexibility index (Phi) is 5.83. The van der Waals surface area contributed by atoms with Gasteiger partial charge in [0.15, 0.2) is 0 Å². The predicted molar refractivity (Wildman–Crippen MR) is 90.3 cm³/mol. The Balaban J connectivity index is 2.00. The number of carbonyl (C=O) groups excluding carboxylic acids is 2. The molecule has 0 aliphatic carbocycles. The molecule has 0 spiro atoms. The first-order valence-electron chi connectivity index (χ1n) is 7.58. The Bertz CT molecular complexity index is 769. The first-order valence-corrected chi connectivity index (χ1v) is 7.58. The van der Waals surface area contributed by atoms with Crippen LogP contribution in [-0.4, -0.2) is 47.1 Å². The molecule has 0 unspecified atom stereocenters. The molecule has 1 aromatic carbocycles. The summed E-state index contributed by atoms with van der Waals surface area (Å²) in [6.07, 6.45) is 0.213. The largest absolute Gasteiger partial charge is 0.354 e. The van der Waals surface area contributed by atoms with E-state index in [1.807, 2.05) is 30.3 Å². The van der Waals surface area contributed by atoms with Gasteiger partial charge >= 0.3 is 0 Å². The molecule has 0 atom stereocenters. The van der Waals surface area contributed by atoms with Gasteiger partial charge in [-0.25, -0.2) is 4.68 Å². The van der Waals surface area contributed by atoms with Gasteiger partial charge in [-0.05, 0) is 6.07 Å². The van der Waals surface area contributed by atoms with Gasteiger partial charge in [0.05, 0.1) is 5.69 Å². The molecule has 0 aliphatic rings. The molecular formula is C17H20N4O3. The van der Waals surface area contributed by atoms with E-state index in [1.54, 1.807) is 20.2 Å². The molecule has 0 saturated carbocycles. The van der Waals surface area contributed by atoms with Gasteiger partial charge in [0.1, 0.15) is 6.54 Å². The van der Waals surface area contributed by atoms with Crippen molar-refractivity contribution in [2.24, 2.45) is 0 Å². The monoisotopic (exact) mass is 328 g/mol. The van der Waals surface area contributed by atoms with Crippen molar-refractivity contribution in [3.8, 4) is 11.3 Å². The fourth-order valence-corrected chi connectivity index (χ4v) is 2.05. The second-order valence-electron chi connectivity index (χ2n) is 5.47. The maximum atomic E-state index is 11.9. The van der Waals surface area contributed by atoms with Crippen LogP contribution in [0.2, 0.25) is 0 Å². The highest BCUT2D eigenvalue weighted by atomic mass is 16.2. The summed E-state index contributed by atoms with van der Waals surface area (Å²) >= 11 is 0. The van der Waals surface area contributed by atoms with Crippen molar-refractivity contribution >= 4 is 11.8 Å². The minimum absolute atomic E-state index is 0.0725. The van der Waals surface area contributed by atoms with Crippen LogP contribution in [0.15, 0.2) is 47.3 Å². The molecule has 2 aromatic rings. The molecule has 0 aliphatic heterocycles. The summed E-state index contributed by atoms with van der Waals surface area (Å²) in [6, 6.07) is 12.4. The minimum Gasteiger partial charge on any atom is -0.354 e. The highest BCUT2D eigenvalue weighted by Crippen LogP contribution is 2.13. The summed E-state index contributed by atoms with van der Waals surface area (Å²) in [7, 11) is 3.31. The number of amides is 2. The summed E-state index contributed by atoms with van der Waals surface area (Å²) in [5, 5.41) is 6.84. The molecule has 1 N–H and O–H groups in total. The maximum Gasteiger partial charge on any atom is 0.267 e. The number of rotatable bonds is 6. The highest BCUT2D eigenvalue weighted by molar-refractivity contribution is 5.78. The van der Waals surface area contributed by atoms with E-state index in [0.29, 0.717) is 5.69 Å². The average Bonchev–Trinajstić information content (AvgIpc) is 2.57. The van der Waals surface area contributed by atoms with Gasteiger partial charge < -0.3 is 10.2 Å². The molecule has 0 radical (unpaired) electrons. The van der Waals surface area contributed by atoms with Crippen LogP contribution in [0, 0.1) is 0 Å². The van der Waals surface area contributed by atoms with Crippen LogP contribution < -0.4 is 10.9 Å². The number of carbonyl (C=O) groups is 2. The van der Waals surface area contributed by atoms with Crippen molar-refractivity contribution in [1.82, 2.24) is 20.0 Å². The van der Waals surface area contributed by atoms with Crippen LogP contribution in [0.1, 0.15) is 6.42 Å². The van der Waals surface area contributed by atoms with E-state index in [1.165, 1.54) is 11.0 Å². The molecule has 7 nitrogen and oxygen atoms in total. The normalized spacial score (nSPS) is 10.2. The first-order chi connectivity index (χ1) is 11.5. The van der Waals surface area contributed by atoms with Crippen molar-refractivity contribution in [2.75, 3.05) is 20.6 Å². The number of nitrogens with one attached hydrogen (secondary N) is 1. The lowest BCUT2D eigenvalue weighted by Crippen LogP contribution is -2.35. The van der Waals surface area contributed by atoms with Gasteiger partial charge in [0.25, 0.3) is 5.56 Å². The van der Waals surface area contributed by atoms with E-state index in [9.17, 15) is 14.4 Å². The van der Waals surface area contributed by atoms with Gasteiger partial charge in [-0.2, -0.15) is 5.10 Å². The molecule has 0 fully saturated rings. The van der Waals surface area contributed by atoms with Crippen LogP contribution in [-0.2, 0) is 16.1 Å². The third kappa shape index (κ3) is 4.77. The van der Waals surface area contributed by atoms with E-state index in [2.05, 4.69) is 10.4 Å². The second kappa shape index (κ2) is 8.05. The molecular weight excluding hydrogens is 308 g/mol. The summed E-state index contributed by atoms with van der Waals surface area (Å²) < 4.78 is 1.12. The summed E-state index contributed by atoms with van der Waals surface area (Å²) in [4.78, 5) is 36.7. The van der Waals surface area contributed by atoms with E-state index in [-0.39, 0.29) is 36.9 Å². The Morgan fingerprint density at radius 3 is 2.50 bits per heavy atom. The molecule has 0 bridgehead atoms. The van der Waals surface area contributed by atoms with Gasteiger partial charge in [-0.3, -0.25) is 14.4 Å². The summed E-state index contributed by atoms with van der Waals surface area (Å²) in [5.74, 6) is -0.432. The van der Waals surface area contributed by atoms with Crippen molar-refractivity contribution in [1.29, 1.82) is 0 Å². The van der Waals surface area contributed by atoms with E-state index in [0.717, 1.165) is 10.2 Å². The number of nitrogens with zero attached hydrogens (tertiary/aromatic N) is 3. The number of aromatic nitrogens is 2. The zero-order chi connectivity index (χ0) is 17.5. The topological polar surface area (TPSA) is 84.3 Å². The SMILES string of the molecule is CN(C)C(=O)CCNC(=O)Cn1nc(-c2ccccc2)ccc1=O. The molecule has 1 heterocycles. The van der Waals surface area contributed by atoms with Gasteiger partial charge in [-0.15, -0.1) is 0 Å². The lowest BCUT2D eigenvalue weighted by atomic mass is 10.1. The van der Waals surface area contributed by atoms with E-state index >= 15 is 0 Å². The van der Waals surface area contributed by atoms with Crippen LogP contribution in [0.4, 0.5) is 0 Å². The molecule has 7 heteroatoms. The van der Waals surface area contributed by atoms with Crippen molar-refractivity contribution in [3.05, 3.63) is 52.8 Å². The van der Waals surface area contributed by atoms with Gasteiger partial charge in [0, 0.05) is 38.7 Å². The zero-order valence-corrected chi connectivity index (χ0v) is 13.7. The Morgan fingerprint density at radius 1 is 1.12 bits per heavy atom. The van der Waals surface area contributed by atoms with Crippen molar-refractivity contribution < 1.29 is 9.59 Å². The molecule has 126 valence electrons. The third-order valence-electron chi connectivity index (χ3n) is 3.39. The quantitative estimate of drug-likeness (QED) is 0.837. The minimum atomic E-state index is -0.360. The fraction of sp³-hybridized carbons (Fsp3) is 0.294. The Morgan fingerprint density at radius 2 is 1.83 bits per heavy atom. The highest BCUT2D eigenvalue weighted by Gasteiger charge is 2.09. The predicted octanol–water partition coefficient (Wildman–Crippen LogP) is 0.505. The number of hydrogen-bond acceptors (Lipinski definition) is 4. The van der Waals surface area contributed by atoms with Crippen LogP contribution >= 0.6 is 0 Å². The van der Waals surface area contributed by atoms with E-state index < -0.39 is 0 Å². The molecule has 24 heavy (non-hydrogen) atoms. The Hall–Kier alpha value is -2.96. The molecule has 1 aromatic heterocycles. The van der Waals surface area contributed by atoms with Crippen molar-refractivity contribution in [2.45, 2.75) is 13.0 Å². The van der Waals surface area contributed by atoms with Gasteiger partial charge in [-0.1, -0.05) is 30.3 Å². The summed E-state index contributed by atoms with van der Waals surface area (Å²) in [5.41, 5.74) is 1.13. The maximum absolute atomic E-state index is 11.9. The van der Waals surface area contributed by atoms with Crippen LogP contribution in [0.25, 0.3) is 11.3 Å². The van der Waals surface area contributed by atoms with Crippen LogP contribution in [0.5, 0.6) is 0 Å². The second-order valence-corrected chi connectivity index (χ2v) is 5.47.